The number of carbonyl (C=O) groups is 2. The van der Waals surface area contributed by atoms with Gasteiger partial charge < -0.3 is 14.8 Å². The molecule has 0 atom stereocenters. The highest BCUT2D eigenvalue weighted by Gasteiger charge is 2.14. The van der Waals surface area contributed by atoms with E-state index in [1.165, 1.54) is 43.7 Å². The largest absolute Gasteiger partial charge is 0.493 e. The van der Waals surface area contributed by atoms with Gasteiger partial charge in [-0.1, -0.05) is 63.4 Å². The molecule has 0 saturated heterocycles. The van der Waals surface area contributed by atoms with Crippen LogP contribution in [0.3, 0.4) is 0 Å². The van der Waals surface area contributed by atoms with Gasteiger partial charge in [0, 0.05) is 18.7 Å². The van der Waals surface area contributed by atoms with E-state index < -0.39 is 11.8 Å². The number of nitrogens with one attached hydrogen (secondary N) is 2. The van der Waals surface area contributed by atoms with Crippen LogP contribution in [0.15, 0.2) is 48.5 Å². The van der Waals surface area contributed by atoms with Crippen molar-refractivity contribution in [3.63, 3.8) is 0 Å². The van der Waals surface area contributed by atoms with Gasteiger partial charge >= 0.3 is 0 Å². The molecule has 0 heterocycles. The van der Waals surface area contributed by atoms with Gasteiger partial charge in [0.05, 0.1) is 7.11 Å². The van der Waals surface area contributed by atoms with Crippen LogP contribution in [0.2, 0.25) is 0 Å². The van der Waals surface area contributed by atoms with E-state index in [2.05, 4.69) is 24.5 Å². The molecular formula is C28H36N2O4. The van der Waals surface area contributed by atoms with Gasteiger partial charge in [-0.25, -0.2) is 0 Å². The number of ether oxygens (including phenoxy) is 2. The van der Waals surface area contributed by atoms with Crippen LogP contribution in [0.1, 0.15) is 68.6 Å². The lowest BCUT2D eigenvalue weighted by atomic mass is 9.95. The summed E-state index contributed by atoms with van der Waals surface area (Å²) < 4.78 is 11.0. The van der Waals surface area contributed by atoms with E-state index in [9.17, 15) is 9.59 Å². The highest BCUT2D eigenvalue weighted by Crippen LogP contribution is 2.28. The SMILES string of the molecule is COc1cc(CNC2CCCCC2)ccc1OCC(=O)NC(=O)C=Cc1ccc(C(C)C)cc1. The van der Waals surface area contributed by atoms with E-state index in [1.54, 1.807) is 19.3 Å². The molecule has 182 valence electrons. The van der Waals surface area contributed by atoms with Crippen molar-refractivity contribution in [2.75, 3.05) is 13.7 Å². The maximum Gasteiger partial charge on any atom is 0.264 e. The molecule has 1 fully saturated rings. The maximum atomic E-state index is 12.2. The van der Waals surface area contributed by atoms with Gasteiger partial charge in [-0.05, 0) is 53.7 Å². The summed E-state index contributed by atoms with van der Waals surface area (Å²) in [5.74, 6) is 0.471. The van der Waals surface area contributed by atoms with Crippen LogP contribution in [-0.4, -0.2) is 31.6 Å². The molecular weight excluding hydrogens is 428 g/mol. The van der Waals surface area contributed by atoms with Crippen molar-refractivity contribution in [1.29, 1.82) is 0 Å². The Hall–Kier alpha value is -3.12. The van der Waals surface area contributed by atoms with Crippen LogP contribution in [-0.2, 0) is 16.1 Å². The zero-order valence-corrected chi connectivity index (χ0v) is 20.4. The molecule has 0 spiro atoms. The third-order valence-electron chi connectivity index (χ3n) is 6.08. The zero-order valence-electron chi connectivity index (χ0n) is 20.4. The number of hydrogen-bond donors (Lipinski definition) is 2. The van der Waals surface area contributed by atoms with Crippen LogP contribution < -0.4 is 20.1 Å². The summed E-state index contributed by atoms with van der Waals surface area (Å²) in [5, 5.41) is 5.92. The Kier molecular flexibility index (Phi) is 9.71. The molecule has 0 radical (unpaired) electrons. The highest BCUT2D eigenvalue weighted by atomic mass is 16.5. The molecule has 1 aliphatic carbocycles. The number of hydrogen-bond acceptors (Lipinski definition) is 5. The van der Waals surface area contributed by atoms with Crippen molar-refractivity contribution in [1.82, 2.24) is 10.6 Å². The van der Waals surface area contributed by atoms with Crippen molar-refractivity contribution in [2.24, 2.45) is 0 Å². The summed E-state index contributed by atoms with van der Waals surface area (Å²) in [6.07, 6.45) is 9.39. The number of rotatable bonds is 10. The average Bonchev–Trinajstić information content (AvgIpc) is 2.86. The Morgan fingerprint density at radius 2 is 1.76 bits per heavy atom. The Morgan fingerprint density at radius 3 is 2.44 bits per heavy atom. The first-order valence-corrected chi connectivity index (χ1v) is 12.1. The number of methoxy groups -OCH3 is 1. The lowest BCUT2D eigenvalue weighted by Crippen LogP contribution is -2.33. The van der Waals surface area contributed by atoms with E-state index in [1.807, 2.05) is 36.4 Å². The standard InChI is InChI=1S/C28H36N2O4/c1-20(2)23-13-9-21(10-14-23)12-16-27(31)30-28(32)19-34-25-15-11-22(17-26(25)33-3)18-29-24-7-5-4-6-8-24/h9-17,20,24,29H,4-8,18-19H2,1-3H3,(H,30,31,32). The van der Waals surface area contributed by atoms with Crippen LogP contribution in [0.4, 0.5) is 0 Å². The van der Waals surface area contributed by atoms with Gasteiger partial charge in [-0.2, -0.15) is 0 Å². The lowest BCUT2D eigenvalue weighted by Gasteiger charge is -2.23. The number of carbonyl (C=O) groups excluding carboxylic acids is 2. The van der Waals surface area contributed by atoms with Crippen LogP contribution >= 0.6 is 0 Å². The fraction of sp³-hybridized carbons (Fsp3) is 0.429. The predicted octanol–water partition coefficient (Wildman–Crippen LogP) is 4.98. The molecule has 2 aromatic rings. The minimum absolute atomic E-state index is 0.279. The molecule has 34 heavy (non-hydrogen) atoms. The number of amides is 2. The summed E-state index contributed by atoms with van der Waals surface area (Å²) in [5.41, 5.74) is 3.23. The summed E-state index contributed by atoms with van der Waals surface area (Å²) in [6, 6.07) is 14.2. The Bertz CT molecular complexity index is 976. The molecule has 1 aliphatic rings. The first-order valence-electron chi connectivity index (χ1n) is 12.1. The van der Waals surface area contributed by atoms with E-state index >= 15 is 0 Å². The lowest BCUT2D eigenvalue weighted by molar-refractivity contribution is -0.129. The molecule has 1 saturated carbocycles. The highest BCUT2D eigenvalue weighted by molar-refractivity contribution is 6.03. The molecule has 2 amide bonds. The van der Waals surface area contributed by atoms with Crippen molar-refractivity contribution in [3.8, 4) is 11.5 Å². The van der Waals surface area contributed by atoms with E-state index in [0.29, 0.717) is 23.5 Å². The van der Waals surface area contributed by atoms with E-state index in [-0.39, 0.29) is 6.61 Å². The van der Waals surface area contributed by atoms with Gasteiger partial charge in [-0.3, -0.25) is 14.9 Å². The zero-order chi connectivity index (χ0) is 24.3. The van der Waals surface area contributed by atoms with Crippen LogP contribution in [0, 0.1) is 0 Å². The van der Waals surface area contributed by atoms with Gasteiger partial charge in [0.15, 0.2) is 18.1 Å². The molecule has 0 aliphatic heterocycles. The smallest absolute Gasteiger partial charge is 0.264 e. The molecule has 0 aromatic heterocycles. The van der Waals surface area contributed by atoms with Crippen LogP contribution in [0.5, 0.6) is 11.5 Å². The minimum Gasteiger partial charge on any atom is -0.493 e. The second-order valence-electron chi connectivity index (χ2n) is 9.06. The first-order chi connectivity index (χ1) is 16.4. The van der Waals surface area contributed by atoms with Crippen molar-refractivity contribution < 1.29 is 19.1 Å². The fourth-order valence-corrected chi connectivity index (χ4v) is 4.03. The quantitative estimate of drug-likeness (QED) is 0.485. The Labute approximate surface area is 202 Å². The van der Waals surface area contributed by atoms with E-state index in [0.717, 1.165) is 17.7 Å². The topological polar surface area (TPSA) is 76.7 Å². The van der Waals surface area contributed by atoms with Crippen molar-refractivity contribution in [3.05, 3.63) is 65.2 Å². The molecule has 0 unspecified atom stereocenters. The Balaban J connectivity index is 1.46. The molecule has 6 heteroatoms. The van der Waals surface area contributed by atoms with Crippen molar-refractivity contribution >= 4 is 17.9 Å². The monoisotopic (exact) mass is 464 g/mol. The van der Waals surface area contributed by atoms with E-state index in [4.69, 9.17) is 9.47 Å². The first kappa shape index (κ1) is 25.5. The summed E-state index contributed by atoms with van der Waals surface area (Å²) in [7, 11) is 1.57. The van der Waals surface area contributed by atoms with Gasteiger partial charge in [0.1, 0.15) is 0 Å². The molecule has 0 bridgehead atoms. The normalized spacial score (nSPS) is 14.4. The van der Waals surface area contributed by atoms with Crippen LogP contribution in [0.25, 0.3) is 6.08 Å². The average molecular weight is 465 g/mol. The third kappa shape index (κ3) is 8.03. The van der Waals surface area contributed by atoms with Crippen molar-refractivity contribution in [2.45, 2.75) is 64.5 Å². The summed E-state index contributed by atoms with van der Waals surface area (Å²) in [4.78, 5) is 24.2. The van der Waals surface area contributed by atoms with Gasteiger partial charge in [-0.15, -0.1) is 0 Å². The molecule has 2 aromatic carbocycles. The fourth-order valence-electron chi connectivity index (χ4n) is 4.03. The molecule has 2 N–H and O–H groups in total. The predicted molar refractivity (Wildman–Crippen MR) is 135 cm³/mol. The minimum atomic E-state index is -0.519. The number of imide groups is 1. The Morgan fingerprint density at radius 1 is 1.03 bits per heavy atom. The number of benzene rings is 2. The third-order valence-corrected chi connectivity index (χ3v) is 6.08. The van der Waals surface area contributed by atoms with Gasteiger partial charge in [0.25, 0.3) is 11.8 Å². The van der Waals surface area contributed by atoms with Gasteiger partial charge in [0.2, 0.25) is 0 Å². The summed E-state index contributed by atoms with van der Waals surface area (Å²) in [6.45, 7) is 4.75. The second kappa shape index (κ2) is 12.9. The molecule has 3 rings (SSSR count). The summed E-state index contributed by atoms with van der Waals surface area (Å²) >= 11 is 0. The second-order valence-corrected chi connectivity index (χ2v) is 9.06. The molecule has 6 nitrogen and oxygen atoms in total. The maximum absolute atomic E-state index is 12.2.